The van der Waals surface area contributed by atoms with Crippen LogP contribution in [0.25, 0.3) is 0 Å². The van der Waals surface area contributed by atoms with Crippen molar-refractivity contribution in [2.75, 3.05) is 20.7 Å². The molecular weight excluding hydrogens is 349 g/mol. The minimum atomic E-state index is -0.626. The van der Waals surface area contributed by atoms with E-state index in [9.17, 15) is 9.18 Å². The lowest BCUT2D eigenvalue weighted by Gasteiger charge is -2.13. The maximum absolute atomic E-state index is 12.9. The predicted octanol–water partition coefficient (Wildman–Crippen LogP) is 4.04. The minimum Gasteiger partial charge on any atom is -0.493 e. The van der Waals surface area contributed by atoms with Gasteiger partial charge in [-0.25, -0.2) is 14.2 Å². The number of hydrogen-bond donors (Lipinski definition) is 1. The van der Waals surface area contributed by atoms with Crippen molar-refractivity contribution in [2.45, 2.75) is 20.4 Å². The molecule has 7 heteroatoms. The van der Waals surface area contributed by atoms with Crippen LogP contribution < -0.4 is 14.8 Å². The fourth-order valence-electron chi connectivity index (χ4n) is 2.18. The van der Waals surface area contributed by atoms with E-state index in [1.807, 2.05) is 25.8 Å². The minimum absolute atomic E-state index is 0.228. The van der Waals surface area contributed by atoms with Crippen molar-refractivity contribution in [3.63, 3.8) is 0 Å². The van der Waals surface area contributed by atoms with Crippen LogP contribution in [0.3, 0.4) is 0 Å². The summed E-state index contributed by atoms with van der Waals surface area (Å²) in [6.45, 7) is 4.98. The molecule has 2 aromatic rings. The van der Waals surface area contributed by atoms with Gasteiger partial charge < -0.3 is 19.7 Å². The van der Waals surface area contributed by atoms with E-state index < -0.39 is 6.09 Å². The summed E-state index contributed by atoms with van der Waals surface area (Å²) in [6.07, 6.45) is 1.11. The van der Waals surface area contributed by atoms with E-state index in [4.69, 9.17) is 9.47 Å². The Bertz CT molecular complexity index is 807. The molecule has 6 nitrogen and oxygen atoms in total. The molecule has 0 fully saturated rings. The Kier molecular flexibility index (Phi) is 7.16. The number of halogens is 1. The molecule has 0 radical (unpaired) electrons. The normalized spacial score (nSPS) is 10.7. The zero-order chi connectivity index (χ0) is 19.8. The molecule has 0 aliphatic heterocycles. The SMILES string of the molecule is CCN(C)C=Nc1cc(OC)c(OC(=O)NCc2ccc(F)cc2)cc1C. The number of aryl methyl sites for hydroxylation is 1. The van der Waals surface area contributed by atoms with Gasteiger partial charge in [0.1, 0.15) is 5.82 Å². The van der Waals surface area contributed by atoms with E-state index in [0.717, 1.165) is 23.4 Å². The predicted molar refractivity (Wildman–Crippen MR) is 103 cm³/mol. The average molecular weight is 373 g/mol. The first kappa shape index (κ1) is 20.2. The second-order valence-electron chi connectivity index (χ2n) is 5.98. The molecule has 144 valence electrons. The number of carbonyl (C=O) groups excluding carboxylic acids is 1. The van der Waals surface area contributed by atoms with Crippen LogP contribution in [-0.4, -0.2) is 38.0 Å². The van der Waals surface area contributed by atoms with E-state index >= 15 is 0 Å². The first-order valence-electron chi connectivity index (χ1n) is 8.56. The molecule has 0 unspecified atom stereocenters. The number of methoxy groups -OCH3 is 1. The summed E-state index contributed by atoms with van der Waals surface area (Å²) in [7, 11) is 3.43. The monoisotopic (exact) mass is 373 g/mol. The highest BCUT2D eigenvalue weighted by Crippen LogP contribution is 2.34. The summed E-state index contributed by atoms with van der Waals surface area (Å²) in [4.78, 5) is 18.4. The molecule has 0 bridgehead atoms. The van der Waals surface area contributed by atoms with Crippen LogP contribution in [0, 0.1) is 12.7 Å². The van der Waals surface area contributed by atoms with E-state index in [1.165, 1.54) is 19.2 Å². The fraction of sp³-hybridized carbons (Fsp3) is 0.300. The lowest BCUT2D eigenvalue weighted by Crippen LogP contribution is -2.26. The van der Waals surface area contributed by atoms with Crippen molar-refractivity contribution in [1.29, 1.82) is 0 Å². The Hall–Kier alpha value is -3.09. The van der Waals surface area contributed by atoms with Crippen LogP contribution in [-0.2, 0) is 6.54 Å². The van der Waals surface area contributed by atoms with Crippen LogP contribution in [0.1, 0.15) is 18.1 Å². The van der Waals surface area contributed by atoms with Crippen LogP contribution in [0.4, 0.5) is 14.9 Å². The number of aliphatic imine (C=N–C) groups is 1. The number of rotatable bonds is 7. The Labute approximate surface area is 158 Å². The quantitative estimate of drug-likeness (QED) is 0.588. The van der Waals surface area contributed by atoms with Crippen LogP contribution in [0.2, 0.25) is 0 Å². The summed E-state index contributed by atoms with van der Waals surface area (Å²) in [6, 6.07) is 9.29. The smallest absolute Gasteiger partial charge is 0.413 e. The molecule has 27 heavy (non-hydrogen) atoms. The van der Waals surface area contributed by atoms with Gasteiger partial charge >= 0.3 is 6.09 Å². The van der Waals surface area contributed by atoms with E-state index in [1.54, 1.807) is 30.6 Å². The van der Waals surface area contributed by atoms with Crippen LogP contribution >= 0.6 is 0 Å². The van der Waals surface area contributed by atoms with Gasteiger partial charge in [-0.15, -0.1) is 0 Å². The third-order valence-electron chi connectivity index (χ3n) is 3.93. The van der Waals surface area contributed by atoms with Gasteiger partial charge in [0.15, 0.2) is 11.5 Å². The van der Waals surface area contributed by atoms with Gasteiger partial charge in [-0.05, 0) is 43.2 Å². The molecule has 0 aromatic heterocycles. The number of carbonyl (C=O) groups is 1. The molecule has 0 saturated carbocycles. The molecule has 0 atom stereocenters. The number of hydrogen-bond acceptors (Lipinski definition) is 4. The lowest BCUT2D eigenvalue weighted by atomic mass is 10.2. The largest absolute Gasteiger partial charge is 0.493 e. The molecule has 0 saturated heterocycles. The summed E-state index contributed by atoms with van der Waals surface area (Å²) >= 11 is 0. The maximum atomic E-state index is 12.9. The lowest BCUT2D eigenvalue weighted by molar-refractivity contribution is 0.198. The topological polar surface area (TPSA) is 63.2 Å². The van der Waals surface area contributed by atoms with E-state index in [0.29, 0.717) is 11.5 Å². The maximum Gasteiger partial charge on any atom is 0.413 e. The third-order valence-corrected chi connectivity index (χ3v) is 3.93. The highest BCUT2D eigenvalue weighted by molar-refractivity contribution is 5.73. The van der Waals surface area contributed by atoms with Crippen molar-refractivity contribution < 1.29 is 18.7 Å². The van der Waals surface area contributed by atoms with Crippen LogP contribution in [0.15, 0.2) is 41.4 Å². The zero-order valence-electron chi connectivity index (χ0n) is 16.0. The number of nitrogens with one attached hydrogen (secondary N) is 1. The van der Waals surface area contributed by atoms with Crippen molar-refractivity contribution in [2.24, 2.45) is 4.99 Å². The molecule has 1 N–H and O–H groups in total. The highest BCUT2D eigenvalue weighted by atomic mass is 19.1. The second-order valence-corrected chi connectivity index (χ2v) is 5.98. The molecule has 2 rings (SSSR count). The molecule has 2 aromatic carbocycles. The first-order valence-corrected chi connectivity index (χ1v) is 8.56. The molecule has 0 heterocycles. The van der Waals surface area contributed by atoms with Gasteiger partial charge in [0.2, 0.25) is 0 Å². The number of nitrogens with zero attached hydrogens (tertiary/aromatic N) is 2. The van der Waals surface area contributed by atoms with Crippen molar-refractivity contribution in [3.8, 4) is 11.5 Å². The van der Waals surface area contributed by atoms with Gasteiger partial charge in [0, 0.05) is 26.2 Å². The van der Waals surface area contributed by atoms with Gasteiger partial charge in [0.05, 0.1) is 19.1 Å². The average Bonchev–Trinajstić information content (AvgIpc) is 2.66. The first-order chi connectivity index (χ1) is 12.9. The van der Waals surface area contributed by atoms with Gasteiger partial charge in [0.25, 0.3) is 0 Å². The highest BCUT2D eigenvalue weighted by Gasteiger charge is 2.13. The van der Waals surface area contributed by atoms with Gasteiger partial charge in [-0.1, -0.05) is 12.1 Å². The number of benzene rings is 2. The Morgan fingerprint density at radius 1 is 1.26 bits per heavy atom. The summed E-state index contributed by atoms with van der Waals surface area (Å²) in [5, 5.41) is 2.62. The fourth-order valence-corrected chi connectivity index (χ4v) is 2.18. The molecule has 0 spiro atoms. The molecule has 0 aliphatic carbocycles. The molecule has 0 aliphatic rings. The summed E-state index contributed by atoms with van der Waals surface area (Å²) in [5.74, 6) is 0.382. The second kappa shape index (κ2) is 9.56. The van der Waals surface area contributed by atoms with Crippen molar-refractivity contribution in [1.82, 2.24) is 10.2 Å². The Morgan fingerprint density at radius 3 is 2.59 bits per heavy atom. The Morgan fingerprint density at radius 2 is 1.96 bits per heavy atom. The third kappa shape index (κ3) is 5.99. The van der Waals surface area contributed by atoms with Crippen molar-refractivity contribution in [3.05, 3.63) is 53.3 Å². The van der Waals surface area contributed by atoms with Crippen molar-refractivity contribution >= 4 is 18.1 Å². The summed E-state index contributed by atoms with van der Waals surface area (Å²) < 4.78 is 23.6. The van der Waals surface area contributed by atoms with E-state index in [-0.39, 0.29) is 12.4 Å². The molecular formula is C20H24FN3O3. The Balaban J connectivity index is 2.06. The standard InChI is InChI=1S/C20H24FN3O3/c1-5-24(3)13-23-17-11-18(26-4)19(10-14(17)2)27-20(25)22-12-15-6-8-16(21)9-7-15/h6-11,13H,5,12H2,1-4H3,(H,22,25). The van der Waals surface area contributed by atoms with Gasteiger partial charge in [-0.3, -0.25) is 0 Å². The zero-order valence-corrected chi connectivity index (χ0v) is 16.0. The number of ether oxygens (including phenoxy) is 2. The van der Waals surface area contributed by atoms with Gasteiger partial charge in [-0.2, -0.15) is 0 Å². The van der Waals surface area contributed by atoms with Crippen LogP contribution in [0.5, 0.6) is 11.5 Å². The molecule has 1 amide bonds. The number of amides is 1. The van der Waals surface area contributed by atoms with E-state index in [2.05, 4.69) is 10.3 Å². The summed E-state index contributed by atoms with van der Waals surface area (Å²) in [5.41, 5.74) is 2.34.